The van der Waals surface area contributed by atoms with Gasteiger partial charge in [-0.1, -0.05) is 37.5 Å². The zero-order chi connectivity index (χ0) is 22.3. The first-order valence-corrected chi connectivity index (χ1v) is 12.3. The van der Waals surface area contributed by atoms with Crippen LogP contribution in [0.2, 0.25) is 0 Å². The number of benzene rings is 1. The Morgan fingerprint density at radius 2 is 1.53 bits per heavy atom. The van der Waals surface area contributed by atoms with E-state index in [0.717, 1.165) is 12.8 Å². The van der Waals surface area contributed by atoms with Gasteiger partial charge in [-0.2, -0.15) is 0 Å². The summed E-state index contributed by atoms with van der Waals surface area (Å²) in [6, 6.07) is 10.9. The van der Waals surface area contributed by atoms with E-state index in [-0.39, 0.29) is 29.9 Å². The Balaban J connectivity index is 1.30. The summed E-state index contributed by atoms with van der Waals surface area (Å²) in [7, 11) is 0. The van der Waals surface area contributed by atoms with Crippen molar-refractivity contribution in [2.75, 3.05) is 18.4 Å². The molecule has 4 amide bonds. The standard InChI is InChI=1S/C24H30N4O3S/c29-22(21-11-6-16-32-21)27-20-10-5-4-9-19(20)23(30)28-14-12-18(13-15-28)26-24(31)25-17-7-2-1-3-8-17/h4-6,9-11,16-18H,1-3,7-8,12-15H2,(H,27,29)(H2,25,26,31). The number of nitrogens with one attached hydrogen (secondary N) is 3. The lowest BCUT2D eigenvalue weighted by Gasteiger charge is -2.33. The molecule has 4 rings (SSSR count). The van der Waals surface area contributed by atoms with Crippen molar-refractivity contribution in [1.29, 1.82) is 0 Å². The molecule has 0 atom stereocenters. The molecule has 2 aliphatic rings. The predicted molar refractivity (Wildman–Crippen MR) is 126 cm³/mol. The van der Waals surface area contributed by atoms with Crippen LogP contribution in [0.15, 0.2) is 41.8 Å². The summed E-state index contributed by atoms with van der Waals surface area (Å²) < 4.78 is 0. The van der Waals surface area contributed by atoms with Gasteiger partial charge in [-0.25, -0.2) is 4.79 Å². The van der Waals surface area contributed by atoms with E-state index in [4.69, 9.17) is 0 Å². The van der Waals surface area contributed by atoms with Crippen molar-refractivity contribution in [3.05, 3.63) is 52.2 Å². The molecule has 32 heavy (non-hydrogen) atoms. The van der Waals surface area contributed by atoms with E-state index in [1.165, 1.54) is 30.6 Å². The summed E-state index contributed by atoms with van der Waals surface area (Å²) in [6.07, 6.45) is 7.17. The zero-order valence-electron chi connectivity index (χ0n) is 18.1. The highest BCUT2D eigenvalue weighted by Crippen LogP contribution is 2.22. The fourth-order valence-electron chi connectivity index (χ4n) is 4.43. The van der Waals surface area contributed by atoms with Crippen LogP contribution >= 0.6 is 11.3 Å². The minimum atomic E-state index is -0.216. The molecule has 1 aliphatic carbocycles. The van der Waals surface area contributed by atoms with E-state index in [1.807, 2.05) is 17.5 Å². The van der Waals surface area contributed by atoms with Crippen LogP contribution in [0.4, 0.5) is 10.5 Å². The zero-order valence-corrected chi connectivity index (χ0v) is 19.0. The van der Waals surface area contributed by atoms with Gasteiger partial charge in [-0.3, -0.25) is 9.59 Å². The predicted octanol–water partition coefficient (Wildman–Crippen LogP) is 4.24. The van der Waals surface area contributed by atoms with Crippen molar-refractivity contribution in [3.63, 3.8) is 0 Å². The van der Waals surface area contributed by atoms with E-state index >= 15 is 0 Å². The summed E-state index contributed by atoms with van der Waals surface area (Å²) in [4.78, 5) is 40.3. The summed E-state index contributed by atoms with van der Waals surface area (Å²) in [5, 5.41) is 10.9. The second-order valence-corrected chi connectivity index (χ2v) is 9.44. The number of hydrogen-bond donors (Lipinski definition) is 3. The van der Waals surface area contributed by atoms with E-state index in [0.29, 0.717) is 42.1 Å². The Morgan fingerprint density at radius 3 is 2.22 bits per heavy atom. The summed E-state index contributed by atoms with van der Waals surface area (Å²) in [6.45, 7) is 1.14. The van der Waals surface area contributed by atoms with Gasteiger partial charge in [0.15, 0.2) is 0 Å². The van der Waals surface area contributed by atoms with Crippen molar-refractivity contribution in [2.24, 2.45) is 0 Å². The van der Waals surface area contributed by atoms with Crippen LogP contribution < -0.4 is 16.0 Å². The molecule has 2 heterocycles. The number of nitrogens with zero attached hydrogens (tertiary/aromatic N) is 1. The first-order valence-electron chi connectivity index (χ1n) is 11.4. The smallest absolute Gasteiger partial charge is 0.315 e. The molecule has 2 fully saturated rings. The van der Waals surface area contributed by atoms with E-state index in [2.05, 4.69) is 16.0 Å². The molecule has 2 aromatic rings. The average molecular weight is 455 g/mol. The third-order valence-corrected chi connectivity index (χ3v) is 7.08. The summed E-state index contributed by atoms with van der Waals surface area (Å²) in [5.74, 6) is -0.315. The topological polar surface area (TPSA) is 90.5 Å². The van der Waals surface area contributed by atoms with E-state index in [1.54, 1.807) is 29.2 Å². The molecule has 170 valence electrons. The maximum atomic E-state index is 13.2. The number of piperidine rings is 1. The number of para-hydroxylation sites is 1. The minimum Gasteiger partial charge on any atom is -0.338 e. The third kappa shape index (κ3) is 5.68. The van der Waals surface area contributed by atoms with Crippen LogP contribution in [-0.2, 0) is 0 Å². The van der Waals surface area contributed by atoms with Gasteiger partial charge in [0.2, 0.25) is 0 Å². The maximum absolute atomic E-state index is 13.2. The van der Waals surface area contributed by atoms with Crippen molar-refractivity contribution in [1.82, 2.24) is 15.5 Å². The van der Waals surface area contributed by atoms with Gasteiger partial charge in [0, 0.05) is 25.2 Å². The normalized spacial score (nSPS) is 17.6. The fraction of sp³-hybridized carbons (Fsp3) is 0.458. The minimum absolute atomic E-state index is 0.0661. The molecule has 0 spiro atoms. The Hall–Kier alpha value is -2.87. The number of amides is 4. The van der Waals surface area contributed by atoms with Gasteiger partial charge < -0.3 is 20.9 Å². The molecule has 1 aromatic heterocycles. The summed E-state index contributed by atoms with van der Waals surface area (Å²) in [5.41, 5.74) is 1.00. The highest BCUT2D eigenvalue weighted by Gasteiger charge is 2.27. The highest BCUT2D eigenvalue weighted by atomic mass is 32.1. The Bertz CT molecular complexity index is 932. The first kappa shape index (κ1) is 22.3. The first-order chi connectivity index (χ1) is 15.6. The lowest BCUT2D eigenvalue weighted by atomic mass is 9.96. The largest absolute Gasteiger partial charge is 0.338 e. The molecule has 1 aliphatic heterocycles. The van der Waals surface area contributed by atoms with Crippen LogP contribution in [0.3, 0.4) is 0 Å². The van der Waals surface area contributed by atoms with Crippen molar-refractivity contribution >= 4 is 34.9 Å². The number of carbonyl (C=O) groups excluding carboxylic acids is 3. The van der Waals surface area contributed by atoms with Crippen LogP contribution in [-0.4, -0.2) is 47.9 Å². The molecular weight excluding hydrogens is 424 g/mol. The molecule has 7 nitrogen and oxygen atoms in total. The maximum Gasteiger partial charge on any atom is 0.315 e. The number of anilines is 1. The Morgan fingerprint density at radius 1 is 0.844 bits per heavy atom. The molecule has 1 saturated carbocycles. The number of urea groups is 1. The van der Waals surface area contributed by atoms with Gasteiger partial charge in [-0.05, 0) is 49.3 Å². The second-order valence-electron chi connectivity index (χ2n) is 8.50. The third-order valence-electron chi connectivity index (χ3n) is 6.21. The molecule has 1 saturated heterocycles. The fourth-order valence-corrected chi connectivity index (χ4v) is 5.05. The van der Waals surface area contributed by atoms with Gasteiger partial charge in [0.05, 0.1) is 16.1 Å². The van der Waals surface area contributed by atoms with Crippen LogP contribution in [0.5, 0.6) is 0 Å². The van der Waals surface area contributed by atoms with E-state index in [9.17, 15) is 14.4 Å². The van der Waals surface area contributed by atoms with Gasteiger partial charge >= 0.3 is 6.03 Å². The number of likely N-dealkylation sites (tertiary alicyclic amines) is 1. The number of thiophene rings is 1. The number of hydrogen-bond acceptors (Lipinski definition) is 4. The number of rotatable bonds is 5. The Kier molecular flexibility index (Phi) is 7.42. The molecule has 0 radical (unpaired) electrons. The van der Waals surface area contributed by atoms with Crippen molar-refractivity contribution in [3.8, 4) is 0 Å². The molecular formula is C24H30N4O3S. The second kappa shape index (κ2) is 10.6. The van der Waals surface area contributed by atoms with Gasteiger partial charge in [0.25, 0.3) is 11.8 Å². The lowest BCUT2D eigenvalue weighted by Crippen LogP contribution is -2.51. The SMILES string of the molecule is O=C(NC1CCCCC1)NC1CCN(C(=O)c2ccccc2NC(=O)c2cccs2)CC1. The van der Waals surface area contributed by atoms with Crippen molar-refractivity contribution < 1.29 is 14.4 Å². The average Bonchev–Trinajstić information content (AvgIpc) is 3.35. The molecule has 0 unspecified atom stereocenters. The van der Waals surface area contributed by atoms with Crippen LogP contribution in [0, 0.1) is 0 Å². The quantitative estimate of drug-likeness (QED) is 0.631. The summed E-state index contributed by atoms with van der Waals surface area (Å²) >= 11 is 1.36. The van der Waals surface area contributed by atoms with Crippen molar-refractivity contribution in [2.45, 2.75) is 57.0 Å². The molecule has 1 aromatic carbocycles. The van der Waals surface area contributed by atoms with Gasteiger partial charge in [0.1, 0.15) is 0 Å². The van der Waals surface area contributed by atoms with Gasteiger partial charge in [-0.15, -0.1) is 11.3 Å². The molecule has 3 N–H and O–H groups in total. The molecule has 8 heteroatoms. The lowest BCUT2D eigenvalue weighted by molar-refractivity contribution is 0.0709. The molecule has 0 bridgehead atoms. The monoisotopic (exact) mass is 454 g/mol. The number of carbonyl (C=O) groups is 3. The van der Waals surface area contributed by atoms with Crippen LogP contribution in [0.1, 0.15) is 65.0 Å². The highest BCUT2D eigenvalue weighted by molar-refractivity contribution is 7.12. The van der Waals surface area contributed by atoms with Crippen LogP contribution in [0.25, 0.3) is 0 Å². The Labute approximate surface area is 192 Å². The van der Waals surface area contributed by atoms with E-state index < -0.39 is 0 Å².